The van der Waals surface area contributed by atoms with Gasteiger partial charge >= 0.3 is 6.61 Å². The molecule has 2 aromatic rings. The Hall–Kier alpha value is -2.17. The molecule has 1 unspecified atom stereocenters. The Labute approximate surface area is 121 Å². The van der Waals surface area contributed by atoms with Crippen molar-refractivity contribution in [2.24, 2.45) is 0 Å². The van der Waals surface area contributed by atoms with Gasteiger partial charge in [0.05, 0.1) is 5.69 Å². The predicted octanol–water partition coefficient (Wildman–Crippen LogP) is 4.91. The van der Waals surface area contributed by atoms with Gasteiger partial charge in [0, 0.05) is 6.04 Å². The molecule has 0 aliphatic heterocycles. The number of nitrogens with one attached hydrogen (secondary N) is 1. The average molecular weight is 295 g/mol. The molecule has 2 nitrogen and oxygen atoms in total. The second-order valence-corrected chi connectivity index (χ2v) is 4.75. The number of ether oxygens (including phenoxy) is 1. The highest BCUT2D eigenvalue weighted by atomic mass is 19.3. The molecular weight excluding hydrogens is 279 g/mol. The van der Waals surface area contributed by atoms with Crippen molar-refractivity contribution in [3.05, 3.63) is 59.4 Å². The summed E-state index contributed by atoms with van der Waals surface area (Å²) in [5.41, 5.74) is 1.92. The molecule has 0 radical (unpaired) electrons. The lowest BCUT2D eigenvalue weighted by Crippen LogP contribution is -2.10. The van der Waals surface area contributed by atoms with Gasteiger partial charge in [-0.15, -0.1) is 0 Å². The van der Waals surface area contributed by atoms with Crippen LogP contribution in [0.4, 0.5) is 18.9 Å². The van der Waals surface area contributed by atoms with Crippen LogP contribution in [0.5, 0.6) is 5.75 Å². The van der Waals surface area contributed by atoms with E-state index in [1.54, 1.807) is 31.2 Å². The van der Waals surface area contributed by atoms with Gasteiger partial charge in [-0.05, 0) is 43.2 Å². The van der Waals surface area contributed by atoms with Crippen molar-refractivity contribution in [1.29, 1.82) is 0 Å². The predicted molar refractivity (Wildman–Crippen MR) is 76.2 cm³/mol. The summed E-state index contributed by atoms with van der Waals surface area (Å²) in [5.74, 6) is -0.261. The van der Waals surface area contributed by atoms with Crippen LogP contribution in [0.2, 0.25) is 0 Å². The standard InChI is InChI=1S/C16H16F3NO/c1-10-5-3-8-14(17)15(10)20-11(2)12-6-4-7-13(9-12)21-16(18)19/h3-9,11,16,20H,1-2H3. The zero-order valence-electron chi connectivity index (χ0n) is 11.7. The normalized spacial score (nSPS) is 12.3. The molecule has 0 aliphatic rings. The molecule has 0 saturated carbocycles. The Kier molecular flexibility index (Phi) is 4.73. The molecule has 0 fully saturated rings. The van der Waals surface area contributed by atoms with Crippen LogP contribution in [0.25, 0.3) is 0 Å². The van der Waals surface area contributed by atoms with Crippen LogP contribution in [0.1, 0.15) is 24.1 Å². The largest absolute Gasteiger partial charge is 0.435 e. The van der Waals surface area contributed by atoms with Crippen LogP contribution in [0, 0.1) is 12.7 Å². The van der Waals surface area contributed by atoms with E-state index in [-0.39, 0.29) is 17.6 Å². The lowest BCUT2D eigenvalue weighted by atomic mass is 10.1. The van der Waals surface area contributed by atoms with Crippen molar-refractivity contribution < 1.29 is 17.9 Å². The van der Waals surface area contributed by atoms with E-state index in [1.807, 2.05) is 6.92 Å². The molecular formula is C16H16F3NO. The summed E-state index contributed by atoms with van der Waals surface area (Å²) >= 11 is 0. The summed E-state index contributed by atoms with van der Waals surface area (Å²) in [7, 11) is 0. The fourth-order valence-electron chi connectivity index (χ4n) is 2.07. The van der Waals surface area contributed by atoms with E-state index < -0.39 is 6.61 Å². The van der Waals surface area contributed by atoms with Crippen molar-refractivity contribution in [1.82, 2.24) is 0 Å². The third kappa shape index (κ3) is 3.90. The topological polar surface area (TPSA) is 21.3 Å². The van der Waals surface area contributed by atoms with Crippen LogP contribution in [-0.2, 0) is 0 Å². The molecule has 0 amide bonds. The van der Waals surface area contributed by atoms with E-state index in [0.29, 0.717) is 5.69 Å². The Morgan fingerprint density at radius 1 is 1.10 bits per heavy atom. The molecule has 0 aliphatic carbocycles. The fourth-order valence-corrected chi connectivity index (χ4v) is 2.07. The number of aryl methyl sites for hydroxylation is 1. The highest BCUT2D eigenvalue weighted by Crippen LogP contribution is 2.27. The van der Waals surface area contributed by atoms with Gasteiger partial charge in [0.2, 0.25) is 0 Å². The summed E-state index contributed by atoms with van der Waals surface area (Å²) in [5, 5.41) is 3.06. The van der Waals surface area contributed by atoms with Crippen LogP contribution < -0.4 is 10.1 Å². The minimum absolute atomic E-state index is 0.0846. The van der Waals surface area contributed by atoms with Crippen LogP contribution in [-0.4, -0.2) is 6.61 Å². The van der Waals surface area contributed by atoms with Crippen molar-refractivity contribution in [2.45, 2.75) is 26.5 Å². The molecule has 2 rings (SSSR count). The summed E-state index contributed by atoms with van der Waals surface area (Å²) in [4.78, 5) is 0. The third-order valence-corrected chi connectivity index (χ3v) is 3.17. The van der Waals surface area contributed by atoms with E-state index in [9.17, 15) is 13.2 Å². The van der Waals surface area contributed by atoms with E-state index >= 15 is 0 Å². The third-order valence-electron chi connectivity index (χ3n) is 3.17. The maximum absolute atomic E-state index is 13.8. The lowest BCUT2D eigenvalue weighted by Gasteiger charge is -2.18. The Balaban J connectivity index is 2.18. The van der Waals surface area contributed by atoms with Crippen molar-refractivity contribution in [2.75, 3.05) is 5.32 Å². The van der Waals surface area contributed by atoms with Gasteiger partial charge in [-0.2, -0.15) is 8.78 Å². The van der Waals surface area contributed by atoms with Gasteiger partial charge in [0.15, 0.2) is 0 Å². The molecule has 5 heteroatoms. The Bertz CT molecular complexity index is 596. The minimum atomic E-state index is -2.86. The maximum Gasteiger partial charge on any atom is 0.387 e. The number of hydrogen-bond acceptors (Lipinski definition) is 2. The number of alkyl halides is 2. The second-order valence-electron chi connectivity index (χ2n) is 4.75. The van der Waals surface area contributed by atoms with Gasteiger partial charge in [-0.1, -0.05) is 24.3 Å². The smallest absolute Gasteiger partial charge is 0.387 e. The molecule has 0 saturated heterocycles. The molecule has 1 N–H and O–H groups in total. The van der Waals surface area contributed by atoms with Gasteiger partial charge in [0.1, 0.15) is 11.6 Å². The number of halogens is 3. The quantitative estimate of drug-likeness (QED) is 0.846. The van der Waals surface area contributed by atoms with E-state index in [1.165, 1.54) is 18.2 Å². The molecule has 2 aromatic carbocycles. The summed E-state index contributed by atoms with van der Waals surface area (Å²) < 4.78 is 42.6. The van der Waals surface area contributed by atoms with Gasteiger partial charge in [-0.3, -0.25) is 0 Å². The number of anilines is 1. The minimum Gasteiger partial charge on any atom is -0.435 e. The van der Waals surface area contributed by atoms with Crippen LogP contribution >= 0.6 is 0 Å². The lowest BCUT2D eigenvalue weighted by molar-refractivity contribution is -0.0498. The first kappa shape index (κ1) is 15.2. The fraction of sp³-hybridized carbons (Fsp3) is 0.250. The first-order valence-electron chi connectivity index (χ1n) is 6.54. The number of hydrogen-bond donors (Lipinski definition) is 1. The summed E-state index contributed by atoms with van der Waals surface area (Å²) in [6, 6.07) is 10.9. The molecule has 1 atom stereocenters. The van der Waals surface area contributed by atoms with Crippen LogP contribution in [0.3, 0.4) is 0 Å². The molecule has 0 heterocycles. The van der Waals surface area contributed by atoms with Crippen LogP contribution in [0.15, 0.2) is 42.5 Å². The van der Waals surface area contributed by atoms with E-state index in [2.05, 4.69) is 10.1 Å². The van der Waals surface area contributed by atoms with Crippen molar-refractivity contribution >= 4 is 5.69 Å². The van der Waals surface area contributed by atoms with Gasteiger partial charge in [-0.25, -0.2) is 4.39 Å². The zero-order valence-corrected chi connectivity index (χ0v) is 11.7. The molecule has 0 spiro atoms. The van der Waals surface area contributed by atoms with Gasteiger partial charge < -0.3 is 10.1 Å². The molecule has 0 aromatic heterocycles. The first-order valence-corrected chi connectivity index (χ1v) is 6.54. The highest BCUT2D eigenvalue weighted by Gasteiger charge is 2.12. The molecule has 21 heavy (non-hydrogen) atoms. The number of benzene rings is 2. The maximum atomic E-state index is 13.8. The van der Waals surface area contributed by atoms with E-state index in [4.69, 9.17) is 0 Å². The average Bonchev–Trinajstić information content (AvgIpc) is 2.42. The van der Waals surface area contributed by atoms with E-state index in [0.717, 1.165) is 11.1 Å². The Morgan fingerprint density at radius 3 is 2.48 bits per heavy atom. The SMILES string of the molecule is Cc1cccc(F)c1NC(C)c1cccc(OC(F)F)c1. The Morgan fingerprint density at radius 2 is 1.81 bits per heavy atom. The highest BCUT2D eigenvalue weighted by molar-refractivity contribution is 5.53. The number of rotatable bonds is 5. The second kappa shape index (κ2) is 6.52. The monoisotopic (exact) mass is 295 g/mol. The van der Waals surface area contributed by atoms with Crippen molar-refractivity contribution in [3.8, 4) is 5.75 Å². The number of para-hydroxylation sites is 1. The molecule has 112 valence electrons. The summed E-state index contributed by atoms with van der Waals surface area (Å²) in [6.45, 7) is 0.763. The van der Waals surface area contributed by atoms with Crippen molar-refractivity contribution in [3.63, 3.8) is 0 Å². The molecule has 0 bridgehead atoms. The zero-order chi connectivity index (χ0) is 15.4. The summed E-state index contributed by atoms with van der Waals surface area (Å²) in [6.07, 6.45) is 0. The van der Waals surface area contributed by atoms with Gasteiger partial charge in [0.25, 0.3) is 0 Å². The first-order chi connectivity index (χ1) is 9.97.